The van der Waals surface area contributed by atoms with Crippen molar-refractivity contribution in [2.45, 2.75) is 33.2 Å². The van der Waals surface area contributed by atoms with Crippen molar-refractivity contribution in [1.82, 2.24) is 19.9 Å². The summed E-state index contributed by atoms with van der Waals surface area (Å²) in [5, 5.41) is 6.48. The van der Waals surface area contributed by atoms with Gasteiger partial charge in [-0.1, -0.05) is 0 Å². The van der Waals surface area contributed by atoms with Gasteiger partial charge in [0.15, 0.2) is 5.13 Å². The summed E-state index contributed by atoms with van der Waals surface area (Å²) < 4.78 is 1.86. The molecule has 1 aliphatic heterocycles. The predicted molar refractivity (Wildman–Crippen MR) is 116 cm³/mol. The van der Waals surface area contributed by atoms with Gasteiger partial charge >= 0.3 is 0 Å². The molecule has 3 aromatic heterocycles. The van der Waals surface area contributed by atoms with Crippen LogP contribution in [0.3, 0.4) is 0 Å². The summed E-state index contributed by atoms with van der Waals surface area (Å²) in [5.74, 6) is 0.0285. The summed E-state index contributed by atoms with van der Waals surface area (Å²) in [7, 11) is 0. The van der Waals surface area contributed by atoms with Crippen LogP contribution in [0.15, 0.2) is 34.7 Å². The molecule has 4 rings (SSSR count). The number of nitrogens with zero attached hydrogens (tertiary/aromatic N) is 4. The predicted octanol–water partition coefficient (Wildman–Crippen LogP) is 2.83. The van der Waals surface area contributed by atoms with E-state index in [4.69, 9.17) is 0 Å². The highest BCUT2D eigenvalue weighted by Crippen LogP contribution is 2.24. The number of hydrogen-bond acceptors (Lipinski definition) is 6. The molecule has 1 amide bonds. The molecule has 1 saturated heterocycles. The number of carbonyl (C=O) groups excluding carboxylic acids is 1. The average Bonchev–Trinajstić information content (AvgIpc) is 3.27. The van der Waals surface area contributed by atoms with Crippen LogP contribution in [-0.4, -0.2) is 40.1 Å². The van der Waals surface area contributed by atoms with Crippen LogP contribution in [0.25, 0.3) is 11.0 Å². The molecule has 1 N–H and O–H groups in total. The Kier molecular flexibility index (Phi) is 5.62. The standard InChI is InChI=1S/C21H25N5O2S/c1-3-25-13-17(18(27)16-7-6-14(2)24-19(16)25)20(28)23-11-15-5-4-9-26(12-15)21-22-8-10-29-21/h6-8,10,13,15H,3-5,9,11-12H2,1-2H3,(H,23,28). The van der Waals surface area contributed by atoms with Gasteiger partial charge < -0.3 is 14.8 Å². The maximum absolute atomic E-state index is 12.9. The first kappa shape index (κ1) is 19.6. The maximum Gasteiger partial charge on any atom is 0.256 e. The van der Waals surface area contributed by atoms with E-state index < -0.39 is 0 Å². The van der Waals surface area contributed by atoms with E-state index in [1.807, 2.05) is 30.0 Å². The van der Waals surface area contributed by atoms with Crippen LogP contribution in [-0.2, 0) is 6.54 Å². The molecule has 8 heteroatoms. The number of piperidine rings is 1. The van der Waals surface area contributed by atoms with Gasteiger partial charge in [0.2, 0.25) is 5.43 Å². The number of rotatable bonds is 5. The van der Waals surface area contributed by atoms with E-state index in [1.54, 1.807) is 29.7 Å². The average molecular weight is 412 g/mol. The molecular weight excluding hydrogens is 386 g/mol. The van der Waals surface area contributed by atoms with Gasteiger partial charge in [-0.2, -0.15) is 0 Å². The normalized spacial score (nSPS) is 16.9. The van der Waals surface area contributed by atoms with Gasteiger partial charge in [-0.25, -0.2) is 9.97 Å². The lowest BCUT2D eigenvalue weighted by molar-refractivity contribution is 0.0944. The number of hydrogen-bond donors (Lipinski definition) is 1. The summed E-state index contributed by atoms with van der Waals surface area (Å²) in [6.45, 7) is 6.92. The molecule has 0 saturated carbocycles. The third-order valence-corrected chi connectivity index (χ3v) is 6.24. The quantitative estimate of drug-likeness (QED) is 0.698. The Bertz CT molecular complexity index is 1080. The van der Waals surface area contributed by atoms with Gasteiger partial charge in [0.25, 0.3) is 5.91 Å². The second kappa shape index (κ2) is 8.32. The summed E-state index contributed by atoms with van der Waals surface area (Å²) in [4.78, 5) is 36.9. The molecule has 29 heavy (non-hydrogen) atoms. The van der Waals surface area contributed by atoms with E-state index in [-0.39, 0.29) is 16.9 Å². The van der Waals surface area contributed by atoms with E-state index in [1.165, 1.54) is 0 Å². The number of fused-ring (bicyclic) bond motifs is 1. The number of anilines is 1. The fourth-order valence-electron chi connectivity index (χ4n) is 3.87. The number of thiazole rings is 1. The largest absolute Gasteiger partial charge is 0.352 e. The van der Waals surface area contributed by atoms with E-state index in [2.05, 4.69) is 20.2 Å². The van der Waals surface area contributed by atoms with Gasteiger partial charge in [-0.05, 0) is 44.7 Å². The fourth-order valence-corrected chi connectivity index (χ4v) is 4.55. The van der Waals surface area contributed by atoms with Crippen LogP contribution in [0.5, 0.6) is 0 Å². The lowest BCUT2D eigenvalue weighted by Gasteiger charge is -2.32. The van der Waals surface area contributed by atoms with E-state index in [0.29, 0.717) is 30.0 Å². The molecule has 1 atom stereocenters. The van der Waals surface area contributed by atoms with E-state index in [9.17, 15) is 9.59 Å². The number of nitrogens with one attached hydrogen (secondary N) is 1. The Balaban J connectivity index is 1.50. The molecular formula is C21H25N5O2S. The van der Waals surface area contributed by atoms with E-state index in [0.717, 1.165) is 36.8 Å². The zero-order valence-electron chi connectivity index (χ0n) is 16.7. The Morgan fingerprint density at radius 2 is 2.24 bits per heavy atom. The lowest BCUT2D eigenvalue weighted by Crippen LogP contribution is -2.41. The minimum Gasteiger partial charge on any atom is -0.352 e. The second-order valence-electron chi connectivity index (χ2n) is 7.46. The molecule has 152 valence electrons. The minimum atomic E-state index is -0.314. The van der Waals surface area contributed by atoms with Crippen LogP contribution >= 0.6 is 11.3 Å². The first-order chi connectivity index (χ1) is 14.1. The third kappa shape index (κ3) is 4.03. The number of aromatic nitrogens is 3. The van der Waals surface area contributed by atoms with Crippen molar-refractivity contribution < 1.29 is 4.79 Å². The number of carbonyl (C=O) groups is 1. The molecule has 3 aromatic rings. The second-order valence-corrected chi connectivity index (χ2v) is 8.33. The highest BCUT2D eigenvalue weighted by atomic mass is 32.1. The van der Waals surface area contributed by atoms with Crippen LogP contribution < -0.4 is 15.6 Å². The van der Waals surface area contributed by atoms with Gasteiger partial charge in [0, 0.05) is 49.6 Å². The summed E-state index contributed by atoms with van der Waals surface area (Å²) in [6.07, 6.45) is 5.58. The Labute approximate surface area is 173 Å². The molecule has 0 bridgehead atoms. The van der Waals surface area contributed by atoms with Crippen molar-refractivity contribution in [3.8, 4) is 0 Å². The smallest absolute Gasteiger partial charge is 0.256 e. The van der Waals surface area contributed by atoms with Crippen molar-refractivity contribution in [2.75, 3.05) is 24.5 Å². The summed E-state index contributed by atoms with van der Waals surface area (Å²) in [6, 6.07) is 3.57. The fraction of sp³-hybridized carbons (Fsp3) is 0.429. The zero-order chi connectivity index (χ0) is 20.4. The Morgan fingerprint density at radius 1 is 1.38 bits per heavy atom. The Morgan fingerprint density at radius 3 is 3.00 bits per heavy atom. The topological polar surface area (TPSA) is 80.1 Å². The number of pyridine rings is 2. The molecule has 4 heterocycles. The van der Waals surface area contributed by atoms with Crippen molar-refractivity contribution >= 4 is 33.4 Å². The van der Waals surface area contributed by atoms with Crippen LogP contribution in [0.1, 0.15) is 35.8 Å². The summed E-state index contributed by atoms with van der Waals surface area (Å²) in [5.41, 5.74) is 1.39. The van der Waals surface area contributed by atoms with Gasteiger partial charge in [0.1, 0.15) is 11.2 Å². The minimum absolute atomic E-state index is 0.178. The molecule has 1 aliphatic rings. The third-order valence-electron chi connectivity index (χ3n) is 5.41. The highest BCUT2D eigenvalue weighted by molar-refractivity contribution is 7.13. The maximum atomic E-state index is 12.9. The van der Waals surface area contributed by atoms with Crippen molar-refractivity contribution in [3.63, 3.8) is 0 Å². The SMILES string of the molecule is CCn1cc(C(=O)NCC2CCCN(c3nccs3)C2)c(=O)c2ccc(C)nc21. The molecule has 0 aliphatic carbocycles. The summed E-state index contributed by atoms with van der Waals surface area (Å²) >= 11 is 1.64. The van der Waals surface area contributed by atoms with Crippen LogP contribution in [0, 0.1) is 12.8 Å². The molecule has 1 fully saturated rings. The Hall–Kier alpha value is -2.74. The number of aryl methyl sites for hydroxylation is 2. The van der Waals surface area contributed by atoms with Gasteiger partial charge in [-0.3, -0.25) is 9.59 Å². The lowest BCUT2D eigenvalue weighted by atomic mass is 9.98. The van der Waals surface area contributed by atoms with Crippen LogP contribution in [0.4, 0.5) is 5.13 Å². The monoisotopic (exact) mass is 411 g/mol. The first-order valence-electron chi connectivity index (χ1n) is 10.00. The molecule has 0 radical (unpaired) electrons. The molecule has 0 spiro atoms. The molecule has 1 unspecified atom stereocenters. The first-order valence-corrected chi connectivity index (χ1v) is 10.9. The number of amides is 1. The van der Waals surface area contributed by atoms with Crippen molar-refractivity contribution in [3.05, 3.63) is 51.4 Å². The van der Waals surface area contributed by atoms with Crippen molar-refractivity contribution in [1.29, 1.82) is 0 Å². The molecule has 7 nitrogen and oxygen atoms in total. The zero-order valence-corrected chi connectivity index (χ0v) is 17.5. The molecule has 0 aromatic carbocycles. The van der Waals surface area contributed by atoms with Crippen LogP contribution in [0.2, 0.25) is 0 Å². The van der Waals surface area contributed by atoms with E-state index >= 15 is 0 Å². The van der Waals surface area contributed by atoms with Gasteiger partial charge in [-0.15, -0.1) is 11.3 Å². The van der Waals surface area contributed by atoms with Gasteiger partial charge in [0.05, 0.1) is 5.39 Å². The highest BCUT2D eigenvalue weighted by Gasteiger charge is 2.23. The van der Waals surface area contributed by atoms with Crippen molar-refractivity contribution in [2.24, 2.45) is 5.92 Å².